The van der Waals surface area contributed by atoms with Crippen LogP contribution < -0.4 is 24.4 Å². The fourth-order valence-corrected chi connectivity index (χ4v) is 5.73. The second kappa shape index (κ2) is 12.3. The van der Waals surface area contributed by atoms with E-state index in [9.17, 15) is 29.8 Å². The monoisotopic (exact) mass is 616 g/mol. The summed E-state index contributed by atoms with van der Waals surface area (Å²) in [6.45, 7) is 3.51. The minimum absolute atomic E-state index is 0.138. The van der Waals surface area contributed by atoms with Gasteiger partial charge in [-0.05, 0) is 49.8 Å². The molecule has 0 N–H and O–H groups in total. The van der Waals surface area contributed by atoms with Crippen LogP contribution >= 0.6 is 11.3 Å². The summed E-state index contributed by atoms with van der Waals surface area (Å²) >= 11 is 1.10. The minimum Gasteiger partial charge on any atom is -0.497 e. The number of nitrogens with zero attached hydrogens (tertiary/aromatic N) is 4. The first-order valence-corrected chi connectivity index (χ1v) is 14.0. The molecule has 3 aromatic carbocycles. The molecule has 0 fully saturated rings. The zero-order chi connectivity index (χ0) is 31.5. The number of esters is 1. The van der Waals surface area contributed by atoms with E-state index in [0.717, 1.165) is 29.5 Å². The molecular formula is C30H24N4O9S. The topological polar surface area (TPSA) is 165 Å². The maximum Gasteiger partial charge on any atom is 0.338 e. The SMILES string of the molecule is CCOC(=O)C1=C(C)N=c2s/c(=C\c3ccccc3Oc3ccc([N+](=O)[O-])cc3[N+](=O)[O-])c(=O)n2[C@@H]1c1ccc(OC)cc1. The van der Waals surface area contributed by atoms with Crippen LogP contribution in [-0.2, 0) is 9.53 Å². The van der Waals surface area contributed by atoms with Crippen LogP contribution in [0.2, 0.25) is 0 Å². The quantitative estimate of drug-likeness (QED) is 0.150. The Morgan fingerprint density at radius 3 is 2.43 bits per heavy atom. The second-order valence-corrected chi connectivity index (χ2v) is 10.4. The molecule has 1 aromatic heterocycles. The Morgan fingerprint density at radius 1 is 1.05 bits per heavy atom. The van der Waals surface area contributed by atoms with E-state index in [4.69, 9.17) is 14.2 Å². The van der Waals surface area contributed by atoms with Gasteiger partial charge < -0.3 is 14.2 Å². The molecule has 14 heteroatoms. The molecule has 0 saturated heterocycles. The van der Waals surface area contributed by atoms with Gasteiger partial charge in [0.1, 0.15) is 11.5 Å². The number of allylic oxidation sites excluding steroid dienone is 1. The highest BCUT2D eigenvalue weighted by Crippen LogP contribution is 2.36. The van der Waals surface area contributed by atoms with Crippen molar-refractivity contribution in [2.75, 3.05) is 13.7 Å². The number of carbonyl (C=O) groups is 1. The van der Waals surface area contributed by atoms with Crippen LogP contribution in [0, 0.1) is 20.2 Å². The van der Waals surface area contributed by atoms with Crippen LogP contribution in [0.1, 0.15) is 31.0 Å². The average Bonchev–Trinajstić information content (AvgIpc) is 3.31. The predicted octanol–water partition coefficient (Wildman–Crippen LogP) is 4.42. The smallest absolute Gasteiger partial charge is 0.338 e. The van der Waals surface area contributed by atoms with Crippen molar-refractivity contribution in [3.8, 4) is 17.2 Å². The molecule has 1 aliphatic heterocycles. The van der Waals surface area contributed by atoms with Crippen molar-refractivity contribution in [1.82, 2.24) is 4.57 Å². The number of hydrogen-bond acceptors (Lipinski definition) is 11. The first-order chi connectivity index (χ1) is 21.1. The molecule has 224 valence electrons. The van der Waals surface area contributed by atoms with Crippen LogP contribution in [0.5, 0.6) is 17.2 Å². The molecule has 0 amide bonds. The molecule has 0 unspecified atom stereocenters. The van der Waals surface area contributed by atoms with E-state index in [1.54, 1.807) is 68.5 Å². The summed E-state index contributed by atoms with van der Waals surface area (Å²) in [5, 5.41) is 22.8. The van der Waals surface area contributed by atoms with Crippen LogP contribution in [0.25, 0.3) is 6.08 Å². The Bertz CT molecular complexity index is 2010. The van der Waals surface area contributed by atoms with Crippen molar-refractivity contribution in [1.29, 1.82) is 0 Å². The van der Waals surface area contributed by atoms with E-state index in [-0.39, 0.29) is 28.2 Å². The van der Waals surface area contributed by atoms with Gasteiger partial charge in [0.25, 0.3) is 11.2 Å². The number of para-hydroxylation sites is 1. The lowest BCUT2D eigenvalue weighted by molar-refractivity contribution is -0.394. The summed E-state index contributed by atoms with van der Waals surface area (Å²) in [7, 11) is 1.54. The van der Waals surface area contributed by atoms with E-state index >= 15 is 0 Å². The third-order valence-electron chi connectivity index (χ3n) is 6.72. The van der Waals surface area contributed by atoms with Crippen LogP contribution in [-0.4, -0.2) is 34.1 Å². The van der Waals surface area contributed by atoms with E-state index in [1.165, 1.54) is 11.7 Å². The lowest BCUT2D eigenvalue weighted by Gasteiger charge is -2.24. The third kappa shape index (κ3) is 5.70. The van der Waals surface area contributed by atoms with Gasteiger partial charge in [0.05, 0.1) is 51.5 Å². The molecule has 1 atom stereocenters. The lowest BCUT2D eigenvalue weighted by Crippen LogP contribution is -2.39. The number of fused-ring (bicyclic) bond motifs is 1. The molecule has 0 bridgehead atoms. The molecule has 0 spiro atoms. The molecule has 13 nitrogen and oxygen atoms in total. The molecule has 1 aliphatic rings. The third-order valence-corrected chi connectivity index (χ3v) is 7.71. The Labute approximate surface area is 252 Å². The van der Waals surface area contributed by atoms with E-state index < -0.39 is 38.8 Å². The summed E-state index contributed by atoms with van der Waals surface area (Å²) in [6, 6.07) is 15.8. The van der Waals surface area contributed by atoms with Crippen molar-refractivity contribution in [2.45, 2.75) is 19.9 Å². The number of ether oxygens (including phenoxy) is 3. The van der Waals surface area contributed by atoms with Gasteiger partial charge in [-0.2, -0.15) is 0 Å². The number of methoxy groups -OCH3 is 1. The number of hydrogen-bond donors (Lipinski definition) is 0. The summed E-state index contributed by atoms with van der Waals surface area (Å²) in [6.07, 6.45) is 1.56. The van der Waals surface area contributed by atoms with Gasteiger partial charge in [-0.15, -0.1) is 0 Å². The first kappa shape index (κ1) is 29.8. The first-order valence-electron chi connectivity index (χ1n) is 13.2. The zero-order valence-electron chi connectivity index (χ0n) is 23.6. The van der Waals surface area contributed by atoms with Crippen LogP contribution in [0.3, 0.4) is 0 Å². The van der Waals surface area contributed by atoms with Crippen molar-refractivity contribution < 1.29 is 28.9 Å². The number of rotatable bonds is 9. The molecule has 0 radical (unpaired) electrons. The Morgan fingerprint density at radius 2 is 1.77 bits per heavy atom. The fourth-order valence-electron chi connectivity index (χ4n) is 4.69. The van der Waals surface area contributed by atoms with Gasteiger partial charge in [-0.25, -0.2) is 9.79 Å². The Kier molecular flexibility index (Phi) is 8.35. The number of nitro benzene ring substituents is 2. The number of aromatic nitrogens is 1. The highest BCUT2D eigenvalue weighted by Gasteiger charge is 2.33. The standard InChI is InChI=1S/C30H24N4O9S/c1-4-42-29(36)26-17(2)31-30-32(27(26)18-9-12-21(41-3)13-10-18)28(35)25(44-30)15-19-7-5-6-8-23(19)43-24-14-11-20(33(37)38)16-22(24)34(39)40/h5-16,27H,4H2,1-3H3/b25-15-/t27-/m1/s1. The molecule has 44 heavy (non-hydrogen) atoms. The highest BCUT2D eigenvalue weighted by molar-refractivity contribution is 7.07. The summed E-state index contributed by atoms with van der Waals surface area (Å²) in [5.41, 5.74) is 0.214. The molecule has 5 rings (SSSR count). The Balaban J connectivity index is 1.63. The maximum absolute atomic E-state index is 14.0. The van der Waals surface area contributed by atoms with Gasteiger partial charge >= 0.3 is 11.7 Å². The zero-order valence-corrected chi connectivity index (χ0v) is 24.4. The number of thiazole rings is 1. The lowest BCUT2D eigenvalue weighted by atomic mass is 9.96. The van der Waals surface area contributed by atoms with Crippen molar-refractivity contribution in [3.05, 3.63) is 129 Å². The normalized spacial score (nSPS) is 14.4. The fraction of sp³-hybridized carbons (Fsp3) is 0.167. The Hall–Kier alpha value is -5.63. The summed E-state index contributed by atoms with van der Waals surface area (Å²) < 4.78 is 18.1. The molecule has 4 aromatic rings. The molecule has 0 aliphatic carbocycles. The largest absolute Gasteiger partial charge is 0.497 e. The van der Waals surface area contributed by atoms with Gasteiger partial charge in [-0.1, -0.05) is 41.7 Å². The maximum atomic E-state index is 14.0. The number of nitro groups is 2. The molecule has 2 heterocycles. The van der Waals surface area contributed by atoms with Crippen LogP contribution in [0.15, 0.2) is 87.8 Å². The number of non-ortho nitro benzene ring substituents is 1. The summed E-state index contributed by atoms with van der Waals surface area (Å²) in [4.78, 5) is 53.2. The van der Waals surface area contributed by atoms with Gasteiger partial charge in [0, 0.05) is 11.6 Å². The summed E-state index contributed by atoms with van der Waals surface area (Å²) in [5.74, 6) is -0.0285. The van der Waals surface area contributed by atoms with Gasteiger partial charge in [0.15, 0.2) is 4.80 Å². The van der Waals surface area contributed by atoms with Crippen molar-refractivity contribution in [2.24, 2.45) is 4.99 Å². The van der Waals surface area contributed by atoms with Crippen LogP contribution in [0.4, 0.5) is 11.4 Å². The van der Waals surface area contributed by atoms with E-state index in [2.05, 4.69) is 4.99 Å². The van der Waals surface area contributed by atoms with Gasteiger partial charge in [0.2, 0.25) is 5.75 Å². The van der Waals surface area contributed by atoms with E-state index in [1.807, 2.05) is 0 Å². The van der Waals surface area contributed by atoms with Crippen molar-refractivity contribution in [3.63, 3.8) is 0 Å². The highest BCUT2D eigenvalue weighted by atomic mass is 32.1. The molecular weight excluding hydrogens is 592 g/mol. The molecule has 0 saturated carbocycles. The predicted molar refractivity (Wildman–Crippen MR) is 160 cm³/mol. The van der Waals surface area contributed by atoms with Gasteiger partial charge in [-0.3, -0.25) is 29.6 Å². The minimum atomic E-state index is -0.826. The van der Waals surface area contributed by atoms with E-state index in [0.29, 0.717) is 27.4 Å². The average molecular weight is 617 g/mol. The number of benzene rings is 3. The van der Waals surface area contributed by atoms with Crippen molar-refractivity contribution >= 4 is 34.8 Å². The number of carbonyl (C=O) groups excluding carboxylic acids is 1. The second-order valence-electron chi connectivity index (χ2n) is 9.38.